The Morgan fingerprint density at radius 2 is 2.50 bits per heavy atom. The third-order valence-electron chi connectivity index (χ3n) is 0.621. The Kier molecular flexibility index (Phi) is 0.686. The van der Waals surface area contributed by atoms with Crippen LogP contribution in [0.15, 0.2) is 11.9 Å². The third kappa shape index (κ3) is 0.440. The van der Waals surface area contributed by atoms with Crippen LogP contribution in [-0.2, 0) is 0 Å². The van der Waals surface area contributed by atoms with Gasteiger partial charge in [-0.2, -0.15) is 5.53 Å². The van der Waals surface area contributed by atoms with Crippen LogP contribution in [-0.4, -0.2) is 0 Å². The maximum atomic E-state index is 2.82. The highest BCUT2D eigenvalue weighted by Crippen LogP contribution is 1.80. The van der Waals surface area contributed by atoms with E-state index in [9.17, 15) is 0 Å². The molecule has 1 heterocycles. The first-order valence-electron chi connectivity index (χ1n) is 1.83. The zero-order valence-electron chi connectivity index (χ0n) is 3.58. The van der Waals surface area contributed by atoms with E-state index in [1.54, 1.807) is 0 Å². The molecule has 0 radical (unpaired) electrons. The smallest absolute Gasteiger partial charge is 0.0419 e. The molecule has 0 atom stereocenters. The highest BCUT2D eigenvalue weighted by atomic mass is 15.6. The predicted octanol–water partition coefficient (Wildman–Crippen LogP) is -0.540. The summed E-state index contributed by atoms with van der Waals surface area (Å²) in [5.41, 5.74) is 9.35. The molecule has 0 bridgehead atoms. The van der Waals surface area contributed by atoms with Crippen molar-refractivity contribution < 1.29 is 0 Å². The lowest BCUT2D eigenvalue weighted by Crippen LogP contribution is -2.30. The lowest BCUT2D eigenvalue weighted by atomic mass is 10.6. The number of hydrazine groups is 2. The molecule has 1 rings (SSSR count). The fraction of sp³-hybridized carbons (Fsp3) is 0.333. The summed E-state index contributed by atoms with van der Waals surface area (Å²) in [4.78, 5) is 0. The second kappa shape index (κ2) is 1.18. The number of nitrogens with one attached hydrogen (secondary N) is 3. The van der Waals surface area contributed by atoms with Gasteiger partial charge in [-0.3, -0.25) is 0 Å². The molecule has 3 nitrogen and oxygen atoms in total. The second-order valence-electron chi connectivity index (χ2n) is 1.22. The molecule has 1 aliphatic rings. The Morgan fingerprint density at radius 3 is 2.67 bits per heavy atom. The number of hydrogen-bond donors (Lipinski definition) is 3. The van der Waals surface area contributed by atoms with Crippen LogP contribution in [0, 0.1) is 0 Å². The molecular weight excluding hydrogens is 78.1 g/mol. The van der Waals surface area contributed by atoms with Gasteiger partial charge >= 0.3 is 0 Å². The zero-order valence-corrected chi connectivity index (χ0v) is 3.58. The van der Waals surface area contributed by atoms with Crippen LogP contribution in [0.5, 0.6) is 0 Å². The maximum Gasteiger partial charge on any atom is 0.0419 e. The average molecular weight is 85.1 g/mol. The van der Waals surface area contributed by atoms with E-state index in [1.165, 1.54) is 0 Å². The largest absolute Gasteiger partial charge is 0.310 e. The quantitative estimate of drug-likeness (QED) is 0.369. The Labute approximate surface area is 36.4 Å². The molecule has 0 saturated carbocycles. The summed E-state index contributed by atoms with van der Waals surface area (Å²) in [6.45, 7) is 1.97. The van der Waals surface area contributed by atoms with Crippen molar-refractivity contribution >= 4 is 0 Å². The van der Waals surface area contributed by atoms with Crippen molar-refractivity contribution in [1.29, 1.82) is 0 Å². The minimum atomic E-state index is 1.11. The van der Waals surface area contributed by atoms with Crippen LogP contribution in [0.2, 0.25) is 0 Å². The van der Waals surface area contributed by atoms with Crippen molar-refractivity contribution in [2.45, 2.75) is 6.92 Å². The molecule has 1 aliphatic heterocycles. The van der Waals surface area contributed by atoms with Gasteiger partial charge in [0, 0.05) is 11.9 Å². The lowest BCUT2D eigenvalue weighted by Gasteiger charge is -1.90. The van der Waals surface area contributed by atoms with Gasteiger partial charge in [-0.15, -0.1) is 0 Å². The van der Waals surface area contributed by atoms with Gasteiger partial charge in [-0.25, -0.2) is 0 Å². The van der Waals surface area contributed by atoms with Gasteiger partial charge in [0.1, 0.15) is 0 Å². The van der Waals surface area contributed by atoms with E-state index < -0.39 is 0 Å². The van der Waals surface area contributed by atoms with E-state index in [1.807, 2.05) is 13.1 Å². The number of allylic oxidation sites excluding steroid dienone is 1. The summed E-state index contributed by atoms with van der Waals surface area (Å²) in [7, 11) is 0. The van der Waals surface area contributed by atoms with Gasteiger partial charge in [-0.05, 0) is 6.92 Å². The van der Waals surface area contributed by atoms with E-state index in [-0.39, 0.29) is 0 Å². The maximum absolute atomic E-state index is 2.82. The zero-order chi connectivity index (χ0) is 4.41. The highest BCUT2D eigenvalue weighted by molar-refractivity contribution is 4.94. The van der Waals surface area contributed by atoms with E-state index in [4.69, 9.17) is 0 Å². The van der Waals surface area contributed by atoms with Crippen LogP contribution in [0.25, 0.3) is 0 Å². The van der Waals surface area contributed by atoms with Gasteiger partial charge in [0.05, 0.1) is 0 Å². The molecule has 3 heteroatoms. The first-order chi connectivity index (χ1) is 2.89. The van der Waals surface area contributed by atoms with Crippen LogP contribution in [0.1, 0.15) is 6.92 Å². The predicted molar refractivity (Wildman–Crippen MR) is 23.2 cm³/mol. The molecule has 0 spiro atoms. The summed E-state index contributed by atoms with van der Waals surface area (Å²) in [6.07, 6.45) is 1.85. The lowest BCUT2D eigenvalue weighted by molar-refractivity contribution is 0.600. The van der Waals surface area contributed by atoms with E-state index in [0.29, 0.717) is 0 Å². The summed E-state index contributed by atoms with van der Waals surface area (Å²) >= 11 is 0. The minimum Gasteiger partial charge on any atom is -0.310 e. The molecule has 0 aromatic rings. The summed E-state index contributed by atoms with van der Waals surface area (Å²) < 4.78 is 0. The molecule has 0 amide bonds. The second-order valence-corrected chi connectivity index (χ2v) is 1.22. The third-order valence-corrected chi connectivity index (χ3v) is 0.621. The Balaban J connectivity index is 2.45. The van der Waals surface area contributed by atoms with Crippen LogP contribution >= 0.6 is 0 Å². The Bertz CT molecular complexity index is 76.1. The molecule has 34 valence electrons. The van der Waals surface area contributed by atoms with E-state index in [0.717, 1.165) is 5.70 Å². The fourth-order valence-electron chi connectivity index (χ4n) is 0.315. The van der Waals surface area contributed by atoms with Gasteiger partial charge in [0.25, 0.3) is 0 Å². The molecule has 0 fully saturated rings. The van der Waals surface area contributed by atoms with Crippen molar-refractivity contribution in [3.05, 3.63) is 11.9 Å². The van der Waals surface area contributed by atoms with Crippen LogP contribution in [0.3, 0.4) is 0 Å². The van der Waals surface area contributed by atoms with Crippen molar-refractivity contribution in [2.24, 2.45) is 0 Å². The normalized spacial score (nSPS) is 18.5. The summed E-state index contributed by atoms with van der Waals surface area (Å²) in [5.74, 6) is 0. The van der Waals surface area contributed by atoms with Crippen molar-refractivity contribution in [3.63, 3.8) is 0 Å². The summed E-state index contributed by atoms with van der Waals surface area (Å²) in [6, 6.07) is 0. The standard InChI is InChI=1S/C3H7N3/c1-3-2-4-6-5-3/h2,4-6H,1H3. The van der Waals surface area contributed by atoms with E-state index >= 15 is 0 Å². The molecule has 0 aromatic carbocycles. The van der Waals surface area contributed by atoms with Gasteiger partial charge in [0.2, 0.25) is 0 Å². The summed E-state index contributed by atoms with van der Waals surface area (Å²) in [5, 5.41) is 0. The Morgan fingerprint density at radius 1 is 1.67 bits per heavy atom. The molecule has 0 aliphatic carbocycles. The average Bonchev–Trinajstić information content (AvgIpc) is 1.86. The Hall–Kier alpha value is -0.700. The van der Waals surface area contributed by atoms with Crippen molar-refractivity contribution in [3.8, 4) is 0 Å². The first kappa shape index (κ1) is 3.49. The highest BCUT2D eigenvalue weighted by Gasteiger charge is 1.88. The molecule has 6 heavy (non-hydrogen) atoms. The minimum absolute atomic E-state index is 1.11. The van der Waals surface area contributed by atoms with E-state index in [2.05, 4.69) is 16.4 Å². The van der Waals surface area contributed by atoms with Crippen molar-refractivity contribution in [1.82, 2.24) is 16.4 Å². The van der Waals surface area contributed by atoms with Gasteiger partial charge in [0.15, 0.2) is 0 Å². The molecule has 0 unspecified atom stereocenters. The monoisotopic (exact) mass is 85.1 g/mol. The number of hydrogen-bond acceptors (Lipinski definition) is 3. The first-order valence-corrected chi connectivity index (χ1v) is 1.83. The number of rotatable bonds is 0. The van der Waals surface area contributed by atoms with Gasteiger partial charge in [-0.1, -0.05) is 0 Å². The van der Waals surface area contributed by atoms with Gasteiger partial charge < -0.3 is 10.9 Å². The molecule has 3 N–H and O–H groups in total. The van der Waals surface area contributed by atoms with Crippen molar-refractivity contribution in [2.75, 3.05) is 0 Å². The molecular formula is C3H7N3. The molecule has 0 aromatic heterocycles. The SMILES string of the molecule is CC1=CNNN1. The molecule has 0 saturated heterocycles. The topological polar surface area (TPSA) is 36.1 Å². The fourth-order valence-corrected chi connectivity index (χ4v) is 0.315. The van der Waals surface area contributed by atoms with Crippen LogP contribution in [0.4, 0.5) is 0 Å². The van der Waals surface area contributed by atoms with Crippen LogP contribution < -0.4 is 16.4 Å².